The van der Waals surface area contributed by atoms with Gasteiger partial charge in [-0.3, -0.25) is 4.90 Å². The molecule has 0 radical (unpaired) electrons. The van der Waals surface area contributed by atoms with Gasteiger partial charge in [-0.1, -0.05) is 13.8 Å². The molecule has 5 heteroatoms. The summed E-state index contributed by atoms with van der Waals surface area (Å²) in [5.74, 6) is 0.734. The Bertz CT molecular complexity index is 333. The van der Waals surface area contributed by atoms with Gasteiger partial charge in [0, 0.05) is 15.9 Å². The molecule has 0 aliphatic rings. The van der Waals surface area contributed by atoms with Crippen LogP contribution in [0, 0.1) is 5.92 Å². The lowest BCUT2D eigenvalue weighted by Gasteiger charge is -2.26. The lowest BCUT2D eigenvalue weighted by atomic mass is 10.1. The zero-order valence-corrected chi connectivity index (χ0v) is 14.5. The van der Waals surface area contributed by atoms with Crippen LogP contribution in [0.25, 0.3) is 0 Å². The highest BCUT2D eigenvalue weighted by atomic mass is 79.9. The van der Waals surface area contributed by atoms with Gasteiger partial charge in [0.25, 0.3) is 0 Å². The van der Waals surface area contributed by atoms with E-state index in [1.165, 1.54) is 11.3 Å². The van der Waals surface area contributed by atoms with Crippen LogP contribution in [0.4, 0.5) is 0 Å². The quantitative estimate of drug-likeness (QED) is 0.795. The molecule has 0 fully saturated rings. The van der Waals surface area contributed by atoms with Gasteiger partial charge >= 0.3 is 0 Å². The van der Waals surface area contributed by atoms with Crippen LogP contribution >= 0.6 is 43.2 Å². The van der Waals surface area contributed by atoms with Crippen LogP contribution in [-0.2, 0) is 0 Å². The van der Waals surface area contributed by atoms with Gasteiger partial charge in [0.05, 0.1) is 9.83 Å². The lowest BCUT2D eigenvalue weighted by molar-refractivity contribution is 0.239. The van der Waals surface area contributed by atoms with Gasteiger partial charge in [-0.25, -0.2) is 0 Å². The van der Waals surface area contributed by atoms with Gasteiger partial charge in [-0.2, -0.15) is 0 Å². The summed E-state index contributed by atoms with van der Waals surface area (Å²) in [4.78, 5) is 3.67. The molecule has 2 N–H and O–H groups in total. The number of hydrogen-bond acceptors (Lipinski definition) is 3. The summed E-state index contributed by atoms with van der Waals surface area (Å²) in [5.41, 5.74) is 5.91. The minimum Gasteiger partial charge on any atom is -0.329 e. The fraction of sp³-hybridized carbons (Fsp3) is 0.667. The molecule has 1 aromatic heterocycles. The largest absolute Gasteiger partial charge is 0.329 e. The van der Waals surface area contributed by atoms with E-state index in [0.717, 1.165) is 20.7 Å². The Labute approximate surface area is 125 Å². The molecular formula is C12H20Br2N2S. The molecular weight excluding hydrogens is 364 g/mol. The van der Waals surface area contributed by atoms with Gasteiger partial charge in [-0.05, 0) is 63.9 Å². The van der Waals surface area contributed by atoms with E-state index in [1.807, 2.05) is 0 Å². The average Bonchev–Trinajstić information content (AvgIpc) is 2.57. The topological polar surface area (TPSA) is 29.3 Å². The van der Waals surface area contributed by atoms with Crippen LogP contribution in [0.3, 0.4) is 0 Å². The van der Waals surface area contributed by atoms with Crippen molar-refractivity contribution in [3.8, 4) is 0 Å². The first-order valence-corrected chi connectivity index (χ1v) is 8.21. The normalized spacial score (nSPS) is 13.6. The lowest BCUT2D eigenvalue weighted by Crippen LogP contribution is -2.31. The minimum absolute atomic E-state index is 0.321. The maximum absolute atomic E-state index is 5.91. The first kappa shape index (κ1) is 15.6. The number of halogens is 2. The van der Waals surface area contributed by atoms with Crippen LogP contribution in [0.5, 0.6) is 0 Å². The van der Waals surface area contributed by atoms with Crippen molar-refractivity contribution in [2.24, 2.45) is 11.7 Å². The first-order valence-electron chi connectivity index (χ1n) is 5.80. The fourth-order valence-electron chi connectivity index (χ4n) is 1.66. The van der Waals surface area contributed by atoms with Crippen molar-refractivity contribution in [3.05, 3.63) is 19.2 Å². The van der Waals surface area contributed by atoms with Gasteiger partial charge in [0.15, 0.2) is 0 Å². The molecule has 1 rings (SSSR count). The van der Waals surface area contributed by atoms with Crippen LogP contribution in [0.15, 0.2) is 14.3 Å². The highest BCUT2D eigenvalue weighted by molar-refractivity contribution is 9.13. The average molecular weight is 384 g/mol. The molecule has 17 heavy (non-hydrogen) atoms. The molecule has 98 valence electrons. The fourth-order valence-corrected chi connectivity index (χ4v) is 3.93. The van der Waals surface area contributed by atoms with Crippen molar-refractivity contribution in [1.82, 2.24) is 4.90 Å². The highest BCUT2D eigenvalue weighted by Gasteiger charge is 2.18. The summed E-state index contributed by atoms with van der Waals surface area (Å²) < 4.78 is 2.26. The van der Waals surface area contributed by atoms with Crippen molar-refractivity contribution < 1.29 is 0 Å². The predicted molar refractivity (Wildman–Crippen MR) is 83.6 cm³/mol. The molecule has 0 bridgehead atoms. The van der Waals surface area contributed by atoms with E-state index in [4.69, 9.17) is 5.73 Å². The molecule has 1 heterocycles. The summed E-state index contributed by atoms with van der Waals surface area (Å²) in [6.45, 7) is 6.26. The number of nitrogens with zero attached hydrogens (tertiary/aromatic N) is 1. The van der Waals surface area contributed by atoms with Crippen molar-refractivity contribution in [2.45, 2.75) is 26.3 Å². The monoisotopic (exact) mass is 382 g/mol. The maximum Gasteiger partial charge on any atom is 0.0843 e. The Morgan fingerprint density at radius 2 is 2.06 bits per heavy atom. The third-order valence-corrected chi connectivity index (χ3v) is 6.16. The van der Waals surface area contributed by atoms with Gasteiger partial charge in [0.2, 0.25) is 0 Å². The van der Waals surface area contributed by atoms with E-state index >= 15 is 0 Å². The smallest absolute Gasteiger partial charge is 0.0843 e. The molecule has 0 saturated heterocycles. The second-order valence-electron chi connectivity index (χ2n) is 4.69. The van der Waals surface area contributed by atoms with Gasteiger partial charge in [-0.15, -0.1) is 11.3 Å². The number of likely N-dealkylation sites (N-methyl/N-ethyl adjacent to an activating group) is 1. The Balaban J connectivity index is 2.70. The Hall–Kier alpha value is 0.580. The van der Waals surface area contributed by atoms with E-state index in [-0.39, 0.29) is 0 Å². The predicted octanol–water partition coefficient (Wildman–Crippen LogP) is 4.25. The number of nitrogens with two attached hydrogens (primary N) is 1. The SMILES string of the molecule is CC(C)CCN(C)C(CN)c1cc(Br)c(Br)s1. The Kier molecular flexibility index (Phi) is 6.66. The van der Waals surface area contributed by atoms with Crippen molar-refractivity contribution in [1.29, 1.82) is 0 Å². The maximum atomic E-state index is 5.91. The van der Waals surface area contributed by atoms with Gasteiger partial charge < -0.3 is 5.73 Å². The second kappa shape index (κ2) is 7.24. The Morgan fingerprint density at radius 3 is 2.47 bits per heavy atom. The molecule has 0 saturated carbocycles. The second-order valence-corrected chi connectivity index (χ2v) is 7.94. The third kappa shape index (κ3) is 4.63. The summed E-state index contributed by atoms with van der Waals surface area (Å²) in [6.07, 6.45) is 1.21. The first-order chi connectivity index (χ1) is 7.95. The van der Waals surface area contributed by atoms with Crippen molar-refractivity contribution in [3.63, 3.8) is 0 Å². The standard InChI is InChI=1S/C12H20Br2N2S/c1-8(2)4-5-16(3)10(7-15)11-6-9(13)12(14)17-11/h6,8,10H,4-5,7,15H2,1-3H3. The van der Waals surface area contributed by atoms with E-state index in [0.29, 0.717) is 12.6 Å². The molecule has 0 amide bonds. The van der Waals surface area contributed by atoms with E-state index in [1.54, 1.807) is 11.3 Å². The zero-order valence-electron chi connectivity index (χ0n) is 10.5. The summed E-state index contributed by atoms with van der Waals surface area (Å²) in [6, 6.07) is 2.49. The number of thiophene rings is 1. The van der Waals surface area contributed by atoms with Crippen LogP contribution in [-0.4, -0.2) is 25.0 Å². The molecule has 0 aliphatic heterocycles. The van der Waals surface area contributed by atoms with Crippen LogP contribution in [0.1, 0.15) is 31.2 Å². The highest BCUT2D eigenvalue weighted by Crippen LogP contribution is 2.36. The molecule has 1 atom stereocenters. The molecule has 0 spiro atoms. The van der Waals surface area contributed by atoms with Gasteiger partial charge in [0.1, 0.15) is 0 Å². The van der Waals surface area contributed by atoms with Crippen molar-refractivity contribution >= 4 is 43.2 Å². The zero-order chi connectivity index (χ0) is 13.0. The van der Waals surface area contributed by atoms with Crippen molar-refractivity contribution in [2.75, 3.05) is 20.1 Å². The molecule has 0 aliphatic carbocycles. The minimum atomic E-state index is 0.321. The number of hydrogen-bond donors (Lipinski definition) is 1. The third-order valence-electron chi connectivity index (χ3n) is 2.81. The summed E-state index contributed by atoms with van der Waals surface area (Å²) in [7, 11) is 2.15. The summed E-state index contributed by atoms with van der Waals surface area (Å²) >= 11 is 8.82. The molecule has 1 aromatic rings. The van der Waals surface area contributed by atoms with E-state index in [9.17, 15) is 0 Å². The van der Waals surface area contributed by atoms with E-state index < -0.39 is 0 Å². The van der Waals surface area contributed by atoms with Crippen LogP contribution in [0.2, 0.25) is 0 Å². The number of rotatable bonds is 6. The Morgan fingerprint density at radius 1 is 1.41 bits per heavy atom. The molecule has 2 nitrogen and oxygen atoms in total. The van der Waals surface area contributed by atoms with E-state index in [2.05, 4.69) is 63.7 Å². The molecule has 1 unspecified atom stereocenters. The molecule has 0 aromatic carbocycles. The van der Waals surface area contributed by atoms with Crippen LogP contribution < -0.4 is 5.73 Å². The summed E-state index contributed by atoms with van der Waals surface area (Å²) in [5, 5.41) is 0.